The Morgan fingerprint density at radius 1 is 0.889 bits per heavy atom. The maximum absolute atomic E-state index is 13.5. The molecule has 0 aromatic heterocycles. The van der Waals surface area contributed by atoms with Crippen LogP contribution in [0.25, 0.3) is 0 Å². The lowest BCUT2D eigenvalue weighted by Gasteiger charge is -2.16. The molecule has 0 radical (unpaired) electrons. The average Bonchev–Trinajstić information content (AvgIpc) is 2.67. The third-order valence-corrected chi connectivity index (χ3v) is 4.53. The molecule has 0 saturated heterocycles. The van der Waals surface area contributed by atoms with Gasteiger partial charge in [0, 0.05) is 0 Å². The minimum atomic E-state index is -1.66. The normalized spacial score (nSPS) is 13.0. The van der Waals surface area contributed by atoms with E-state index in [1.165, 1.54) is 17.5 Å². The maximum Gasteiger partial charge on any atom is 0.243 e. The van der Waals surface area contributed by atoms with Crippen molar-refractivity contribution in [2.24, 2.45) is 0 Å². The maximum atomic E-state index is 13.5. The van der Waals surface area contributed by atoms with Crippen molar-refractivity contribution < 1.29 is 22.8 Å². The Balaban J connectivity index is 1.52. The number of fused-ring (bicyclic) bond motifs is 1. The number of aryl methyl sites for hydroxylation is 2. The third kappa shape index (κ3) is 4.67. The predicted octanol–water partition coefficient (Wildman–Crippen LogP) is 3.28. The number of hydrogen-bond donors (Lipinski definition) is 2. The van der Waals surface area contributed by atoms with Crippen LogP contribution in [0.5, 0.6) is 0 Å². The molecular weight excluding hydrogens is 357 g/mol. The largest absolute Gasteiger partial charge is 0.347 e. The minimum Gasteiger partial charge on any atom is -0.347 e. The van der Waals surface area contributed by atoms with Crippen LogP contribution in [0.15, 0.2) is 30.3 Å². The number of benzene rings is 2. The SMILES string of the molecule is O=C(Cc1ccc2c(c1)CCCC2)NCC(=O)Nc1ccc(F)c(F)c1F. The molecule has 2 amide bonds. The lowest BCUT2D eigenvalue weighted by Crippen LogP contribution is -2.34. The number of amides is 2. The van der Waals surface area contributed by atoms with Crippen LogP contribution in [0.2, 0.25) is 0 Å². The average molecular weight is 376 g/mol. The van der Waals surface area contributed by atoms with Gasteiger partial charge in [-0.25, -0.2) is 13.2 Å². The smallest absolute Gasteiger partial charge is 0.243 e. The summed E-state index contributed by atoms with van der Waals surface area (Å²) in [6.07, 6.45) is 4.51. The Morgan fingerprint density at radius 2 is 1.63 bits per heavy atom. The summed E-state index contributed by atoms with van der Waals surface area (Å²) >= 11 is 0. The van der Waals surface area contributed by atoms with Gasteiger partial charge in [-0.3, -0.25) is 9.59 Å². The van der Waals surface area contributed by atoms with Crippen LogP contribution in [0.4, 0.5) is 18.9 Å². The molecule has 0 spiro atoms. The summed E-state index contributed by atoms with van der Waals surface area (Å²) in [5.74, 6) is -5.58. The summed E-state index contributed by atoms with van der Waals surface area (Å²) in [5.41, 5.74) is 2.96. The van der Waals surface area contributed by atoms with Crippen molar-refractivity contribution in [2.45, 2.75) is 32.1 Å². The van der Waals surface area contributed by atoms with Gasteiger partial charge >= 0.3 is 0 Å². The zero-order valence-corrected chi connectivity index (χ0v) is 14.6. The van der Waals surface area contributed by atoms with Crippen LogP contribution in [0, 0.1) is 17.5 Å². The van der Waals surface area contributed by atoms with Crippen LogP contribution >= 0.6 is 0 Å². The number of hydrogen-bond acceptors (Lipinski definition) is 2. The van der Waals surface area contributed by atoms with E-state index in [1.807, 2.05) is 18.2 Å². The molecule has 0 unspecified atom stereocenters. The number of carbonyl (C=O) groups excluding carboxylic acids is 2. The molecule has 0 saturated carbocycles. The molecule has 2 aromatic carbocycles. The van der Waals surface area contributed by atoms with Gasteiger partial charge in [-0.15, -0.1) is 0 Å². The van der Waals surface area contributed by atoms with Gasteiger partial charge < -0.3 is 10.6 Å². The van der Waals surface area contributed by atoms with Crippen molar-refractivity contribution >= 4 is 17.5 Å². The van der Waals surface area contributed by atoms with E-state index in [0.717, 1.165) is 30.9 Å². The van der Waals surface area contributed by atoms with Crippen LogP contribution in [-0.2, 0) is 28.9 Å². The number of anilines is 1. The molecule has 142 valence electrons. The Kier molecular flexibility index (Phi) is 5.78. The Bertz CT molecular complexity index is 884. The second-order valence-corrected chi connectivity index (χ2v) is 6.53. The standard InChI is InChI=1S/C20H19F3N2O2/c21-15-7-8-16(20(23)19(15)22)25-18(27)11-24-17(26)10-12-5-6-13-3-1-2-4-14(13)9-12/h5-9H,1-4,10-11H2,(H,24,26)(H,25,27). The van der Waals surface area contributed by atoms with E-state index < -0.39 is 35.6 Å². The van der Waals surface area contributed by atoms with E-state index in [2.05, 4.69) is 10.6 Å². The Labute approximate surface area is 154 Å². The van der Waals surface area contributed by atoms with E-state index in [-0.39, 0.29) is 12.3 Å². The van der Waals surface area contributed by atoms with Crippen molar-refractivity contribution in [3.8, 4) is 0 Å². The molecule has 0 fully saturated rings. The zero-order valence-electron chi connectivity index (χ0n) is 14.6. The highest BCUT2D eigenvalue weighted by Gasteiger charge is 2.16. The van der Waals surface area contributed by atoms with Crippen LogP contribution in [0.1, 0.15) is 29.5 Å². The van der Waals surface area contributed by atoms with Gasteiger partial charge in [0.1, 0.15) is 0 Å². The highest BCUT2D eigenvalue weighted by molar-refractivity contribution is 5.94. The van der Waals surface area contributed by atoms with Gasteiger partial charge in [-0.1, -0.05) is 18.2 Å². The van der Waals surface area contributed by atoms with E-state index in [1.54, 1.807) is 0 Å². The first-order valence-corrected chi connectivity index (χ1v) is 8.75. The zero-order chi connectivity index (χ0) is 19.4. The van der Waals surface area contributed by atoms with Gasteiger partial charge in [-0.05, 0) is 54.5 Å². The molecule has 7 heteroatoms. The lowest BCUT2D eigenvalue weighted by molar-refractivity contribution is -0.123. The predicted molar refractivity (Wildman–Crippen MR) is 94.7 cm³/mol. The molecule has 1 aliphatic carbocycles. The first kappa shape index (κ1) is 18.9. The summed E-state index contributed by atoms with van der Waals surface area (Å²) < 4.78 is 39.6. The summed E-state index contributed by atoms with van der Waals surface area (Å²) in [6.45, 7) is -0.401. The number of halogens is 3. The molecule has 1 aliphatic rings. The number of carbonyl (C=O) groups is 2. The van der Waals surface area contributed by atoms with Crippen LogP contribution < -0.4 is 10.6 Å². The van der Waals surface area contributed by atoms with Crippen molar-refractivity contribution in [2.75, 3.05) is 11.9 Å². The van der Waals surface area contributed by atoms with Gasteiger partial charge in [0.25, 0.3) is 0 Å². The second kappa shape index (κ2) is 8.24. The molecule has 0 heterocycles. The second-order valence-electron chi connectivity index (χ2n) is 6.53. The summed E-state index contributed by atoms with van der Waals surface area (Å²) in [4.78, 5) is 23.8. The van der Waals surface area contributed by atoms with Crippen molar-refractivity contribution in [1.29, 1.82) is 0 Å². The van der Waals surface area contributed by atoms with E-state index >= 15 is 0 Å². The quantitative estimate of drug-likeness (QED) is 0.787. The van der Waals surface area contributed by atoms with Gasteiger partial charge in [0.05, 0.1) is 18.7 Å². The molecule has 4 nitrogen and oxygen atoms in total. The van der Waals surface area contributed by atoms with Crippen LogP contribution in [0.3, 0.4) is 0 Å². The molecule has 0 aliphatic heterocycles. The third-order valence-electron chi connectivity index (χ3n) is 4.53. The van der Waals surface area contributed by atoms with Gasteiger partial charge in [-0.2, -0.15) is 0 Å². The van der Waals surface area contributed by atoms with Crippen molar-refractivity contribution in [3.63, 3.8) is 0 Å². The van der Waals surface area contributed by atoms with Gasteiger partial charge in [0.2, 0.25) is 11.8 Å². The molecule has 0 atom stereocenters. The fourth-order valence-corrected chi connectivity index (χ4v) is 3.14. The number of rotatable bonds is 5. The molecule has 27 heavy (non-hydrogen) atoms. The molecule has 2 aromatic rings. The first-order valence-electron chi connectivity index (χ1n) is 8.75. The molecule has 3 rings (SSSR count). The molecular formula is C20H19F3N2O2. The summed E-state index contributed by atoms with van der Waals surface area (Å²) in [5, 5.41) is 4.54. The minimum absolute atomic E-state index is 0.125. The molecule has 0 bridgehead atoms. The van der Waals surface area contributed by atoms with E-state index in [4.69, 9.17) is 0 Å². The highest BCUT2D eigenvalue weighted by Crippen LogP contribution is 2.22. The highest BCUT2D eigenvalue weighted by atomic mass is 19.2. The van der Waals surface area contributed by atoms with Crippen LogP contribution in [-0.4, -0.2) is 18.4 Å². The fourth-order valence-electron chi connectivity index (χ4n) is 3.14. The first-order chi connectivity index (χ1) is 12.9. The van der Waals surface area contributed by atoms with E-state index in [9.17, 15) is 22.8 Å². The van der Waals surface area contributed by atoms with Gasteiger partial charge in [0.15, 0.2) is 17.5 Å². The van der Waals surface area contributed by atoms with Crippen molar-refractivity contribution in [3.05, 3.63) is 64.5 Å². The number of nitrogens with one attached hydrogen (secondary N) is 2. The summed E-state index contributed by atoms with van der Waals surface area (Å²) in [7, 11) is 0. The summed E-state index contributed by atoms with van der Waals surface area (Å²) in [6, 6.07) is 7.59. The topological polar surface area (TPSA) is 58.2 Å². The Morgan fingerprint density at radius 3 is 2.41 bits per heavy atom. The molecule has 2 N–H and O–H groups in total. The monoisotopic (exact) mass is 376 g/mol. The van der Waals surface area contributed by atoms with Crippen molar-refractivity contribution in [1.82, 2.24) is 5.32 Å². The fraction of sp³-hybridized carbons (Fsp3) is 0.300. The lowest BCUT2D eigenvalue weighted by atomic mass is 9.90. The Hall–Kier alpha value is -2.83. The van der Waals surface area contributed by atoms with E-state index in [0.29, 0.717) is 6.07 Å².